The number of hydrogen-bond donors (Lipinski definition) is 0. The van der Waals surface area contributed by atoms with Gasteiger partial charge in [-0.05, 0) is 28.4 Å². The molecular weight excluding hydrogens is 272 g/mol. The van der Waals surface area contributed by atoms with E-state index in [0.717, 1.165) is 29.7 Å². The van der Waals surface area contributed by atoms with Crippen molar-refractivity contribution < 1.29 is 9.53 Å². The van der Waals surface area contributed by atoms with E-state index in [1.807, 2.05) is 6.07 Å². The number of methoxy groups -OCH3 is 1. The molecule has 2 heterocycles. The molecule has 1 fully saturated rings. The van der Waals surface area contributed by atoms with Gasteiger partial charge in [-0.25, -0.2) is 0 Å². The van der Waals surface area contributed by atoms with E-state index < -0.39 is 0 Å². The molecule has 0 aliphatic carbocycles. The number of nitrogens with zero attached hydrogens (tertiary/aromatic N) is 2. The molecule has 1 aromatic rings. The van der Waals surface area contributed by atoms with Gasteiger partial charge in [-0.3, -0.25) is 9.78 Å². The number of carbonyl (C=O) groups is 1. The summed E-state index contributed by atoms with van der Waals surface area (Å²) in [6.07, 6.45) is 4.37. The van der Waals surface area contributed by atoms with E-state index in [1.54, 1.807) is 12.4 Å². The zero-order valence-corrected chi connectivity index (χ0v) is 10.6. The first kappa shape index (κ1) is 11.4. The van der Waals surface area contributed by atoms with Crippen LogP contribution in [0.4, 0.5) is 5.69 Å². The minimum absolute atomic E-state index is 0.00920. The second-order valence-electron chi connectivity index (χ2n) is 3.78. The summed E-state index contributed by atoms with van der Waals surface area (Å²) in [5, 5.41) is 0. The molecule has 5 heteroatoms. The van der Waals surface area contributed by atoms with Crippen molar-refractivity contribution in [1.29, 1.82) is 0 Å². The maximum atomic E-state index is 11.4. The van der Waals surface area contributed by atoms with Crippen LogP contribution in [0.5, 0.6) is 0 Å². The van der Waals surface area contributed by atoms with E-state index in [-0.39, 0.29) is 11.9 Å². The van der Waals surface area contributed by atoms with Crippen molar-refractivity contribution in [2.75, 3.05) is 25.1 Å². The number of halogens is 1. The van der Waals surface area contributed by atoms with Crippen molar-refractivity contribution in [3.05, 3.63) is 22.9 Å². The predicted octanol–water partition coefficient (Wildman–Crippen LogP) is 1.84. The molecule has 0 bridgehead atoms. The van der Waals surface area contributed by atoms with Crippen LogP contribution in [0, 0.1) is 5.92 Å². The third-order valence-electron chi connectivity index (χ3n) is 2.81. The minimum atomic E-state index is -0.118. The van der Waals surface area contributed by atoms with Crippen LogP contribution >= 0.6 is 15.9 Å². The lowest BCUT2D eigenvalue weighted by molar-refractivity contribution is -0.144. The van der Waals surface area contributed by atoms with Crippen molar-refractivity contribution in [1.82, 2.24) is 4.98 Å². The molecule has 0 aromatic carbocycles. The number of aromatic nitrogens is 1. The molecule has 1 aliphatic rings. The number of rotatable bonds is 2. The van der Waals surface area contributed by atoms with Crippen LogP contribution in [0.1, 0.15) is 6.42 Å². The Bertz CT molecular complexity index is 397. The van der Waals surface area contributed by atoms with Gasteiger partial charge in [0.05, 0.1) is 23.2 Å². The Morgan fingerprint density at radius 2 is 2.50 bits per heavy atom. The molecule has 0 spiro atoms. The molecule has 0 amide bonds. The first-order chi connectivity index (χ1) is 7.72. The van der Waals surface area contributed by atoms with Gasteiger partial charge >= 0.3 is 5.97 Å². The number of pyridine rings is 1. The molecule has 0 N–H and O–H groups in total. The highest BCUT2D eigenvalue weighted by Crippen LogP contribution is 2.29. The fourth-order valence-electron chi connectivity index (χ4n) is 1.96. The second kappa shape index (κ2) is 4.82. The Hall–Kier alpha value is -1.10. The molecule has 1 atom stereocenters. The summed E-state index contributed by atoms with van der Waals surface area (Å²) in [5.41, 5.74) is 1.08. The molecule has 1 aromatic heterocycles. The molecular formula is C11H13BrN2O2. The van der Waals surface area contributed by atoms with Crippen LogP contribution in [0.15, 0.2) is 22.9 Å². The molecule has 1 saturated heterocycles. The predicted molar refractivity (Wildman–Crippen MR) is 64.3 cm³/mol. The number of hydrogen-bond acceptors (Lipinski definition) is 4. The summed E-state index contributed by atoms with van der Waals surface area (Å²) in [6, 6.07) is 1.95. The Kier molecular flexibility index (Phi) is 3.43. The van der Waals surface area contributed by atoms with E-state index in [2.05, 4.69) is 25.8 Å². The lowest BCUT2D eigenvalue weighted by atomic mass is 10.1. The topological polar surface area (TPSA) is 42.4 Å². The Morgan fingerprint density at radius 1 is 1.69 bits per heavy atom. The quantitative estimate of drug-likeness (QED) is 0.778. The molecule has 16 heavy (non-hydrogen) atoms. The Labute approximate surface area is 103 Å². The summed E-state index contributed by atoms with van der Waals surface area (Å²) in [5.74, 6) is -0.127. The van der Waals surface area contributed by atoms with Gasteiger partial charge in [-0.1, -0.05) is 0 Å². The molecule has 0 radical (unpaired) electrons. The first-order valence-corrected chi connectivity index (χ1v) is 5.94. The summed E-state index contributed by atoms with van der Waals surface area (Å²) in [6.45, 7) is 1.59. The maximum absolute atomic E-state index is 11.4. The molecule has 2 rings (SSSR count). The van der Waals surface area contributed by atoms with Gasteiger partial charge < -0.3 is 9.64 Å². The Balaban J connectivity index is 2.09. The van der Waals surface area contributed by atoms with Gasteiger partial charge in [0.15, 0.2) is 0 Å². The lowest BCUT2D eigenvalue weighted by Crippen LogP contribution is -2.23. The molecule has 0 saturated carbocycles. The lowest BCUT2D eigenvalue weighted by Gasteiger charge is -2.19. The van der Waals surface area contributed by atoms with E-state index in [1.165, 1.54) is 7.11 Å². The van der Waals surface area contributed by atoms with Crippen LogP contribution in [0.2, 0.25) is 0 Å². The molecule has 86 valence electrons. The van der Waals surface area contributed by atoms with Gasteiger partial charge in [0.1, 0.15) is 0 Å². The summed E-state index contributed by atoms with van der Waals surface area (Å²) in [7, 11) is 1.44. The molecule has 1 aliphatic heterocycles. The van der Waals surface area contributed by atoms with Crippen molar-refractivity contribution in [2.45, 2.75) is 6.42 Å². The fourth-order valence-corrected chi connectivity index (χ4v) is 2.46. The SMILES string of the molecule is COC(=O)C1CCN(c2ccncc2Br)C1. The van der Waals surface area contributed by atoms with Crippen LogP contribution in [0.25, 0.3) is 0 Å². The average molecular weight is 285 g/mol. The van der Waals surface area contributed by atoms with E-state index in [4.69, 9.17) is 4.74 Å². The zero-order valence-electron chi connectivity index (χ0n) is 9.02. The third kappa shape index (κ3) is 2.19. The fraction of sp³-hybridized carbons (Fsp3) is 0.455. The molecule has 4 nitrogen and oxygen atoms in total. The minimum Gasteiger partial charge on any atom is -0.469 e. The summed E-state index contributed by atoms with van der Waals surface area (Å²) >= 11 is 3.46. The largest absolute Gasteiger partial charge is 0.469 e. The van der Waals surface area contributed by atoms with Gasteiger partial charge in [0.25, 0.3) is 0 Å². The van der Waals surface area contributed by atoms with Gasteiger partial charge in [-0.2, -0.15) is 0 Å². The van der Waals surface area contributed by atoms with Crippen molar-refractivity contribution >= 4 is 27.6 Å². The van der Waals surface area contributed by atoms with E-state index in [9.17, 15) is 4.79 Å². The standard InChI is InChI=1S/C11H13BrN2O2/c1-16-11(15)8-3-5-14(7-8)10-2-4-13-6-9(10)12/h2,4,6,8H,3,5,7H2,1H3. The van der Waals surface area contributed by atoms with Crippen LogP contribution in [0.3, 0.4) is 0 Å². The highest BCUT2D eigenvalue weighted by molar-refractivity contribution is 9.10. The van der Waals surface area contributed by atoms with Crippen LogP contribution in [-0.2, 0) is 9.53 Å². The zero-order chi connectivity index (χ0) is 11.5. The van der Waals surface area contributed by atoms with Crippen molar-refractivity contribution in [2.24, 2.45) is 5.92 Å². The van der Waals surface area contributed by atoms with Crippen LogP contribution in [-0.4, -0.2) is 31.2 Å². The van der Waals surface area contributed by atoms with Crippen molar-refractivity contribution in [3.63, 3.8) is 0 Å². The normalized spacial score (nSPS) is 19.9. The Morgan fingerprint density at radius 3 is 3.19 bits per heavy atom. The van der Waals surface area contributed by atoms with E-state index in [0.29, 0.717) is 0 Å². The van der Waals surface area contributed by atoms with Crippen LogP contribution < -0.4 is 4.90 Å². The third-order valence-corrected chi connectivity index (χ3v) is 3.43. The van der Waals surface area contributed by atoms with Crippen molar-refractivity contribution in [3.8, 4) is 0 Å². The smallest absolute Gasteiger partial charge is 0.310 e. The summed E-state index contributed by atoms with van der Waals surface area (Å²) in [4.78, 5) is 17.6. The number of anilines is 1. The number of ether oxygens (including phenoxy) is 1. The number of esters is 1. The highest BCUT2D eigenvalue weighted by atomic mass is 79.9. The van der Waals surface area contributed by atoms with Gasteiger partial charge in [-0.15, -0.1) is 0 Å². The highest BCUT2D eigenvalue weighted by Gasteiger charge is 2.29. The number of carbonyl (C=O) groups excluding carboxylic acids is 1. The first-order valence-electron chi connectivity index (χ1n) is 5.14. The van der Waals surface area contributed by atoms with Gasteiger partial charge in [0, 0.05) is 25.5 Å². The average Bonchev–Trinajstić information content (AvgIpc) is 2.78. The monoisotopic (exact) mass is 284 g/mol. The maximum Gasteiger partial charge on any atom is 0.310 e. The molecule has 1 unspecified atom stereocenters. The summed E-state index contributed by atoms with van der Waals surface area (Å²) < 4.78 is 5.72. The van der Waals surface area contributed by atoms with Gasteiger partial charge in [0.2, 0.25) is 0 Å². The van der Waals surface area contributed by atoms with E-state index >= 15 is 0 Å². The second-order valence-corrected chi connectivity index (χ2v) is 4.64.